The Labute approximate surface area is 241 Å². The number of hydrogen-bond donors (Lipinski definition) is 1. The summed E-state index contributed by atoms with van der Waals surface area (Å²) in [6.07, 6.45) is 1.99. The lowest BCUT2D eigenvalue weighted by Crippen LogP contribution is -2.51. The fraction of sp³-hybridized carbons (Fsp3) is 0.147. The minimum Gasteiger partial charge on any atom is -0.352 e. The molecular formula is C34H24ClFN2O3. The fourth-order valence-corrected chi connectivity index (χ4v) is 7.23. The van der Waals surface area contributed by atoms with Crippen molar-refractivity contribution in [2.24, 2.45) is 5.92 Å². The summed E-state index contributed by atoms with van der Waals surface area (Å²) < 4.78 is 13.9. The molecule has 1 saturated heterocycles. The molecule has 4 atom stereocenters. The number of rotatable bonds is 4. The SMILES string of the molecule is CC1=C[C@@H]2N(c3ccccc31)[C@@H](C(=O)c1ccccc1Cl)[C@@H](C(=O)c1ccc(F)cc1)[C@@]21C(=O)Nc2ccccc21. The third-order valence-corrected chi connectivity index (χ3v) is 9.03. The van der Waals surface area contributed by atoms with Gasteiger partial charge >= 0.3 is 0 Å². The number of nitrogens with one attached hydrogen (secondary N) is 1. The summed E-state index contributed by atoms with van der Waals surface area (Å²) in [4.78, 5) is 45.7. The van der Waals surface area contributed by atoms with E-state index in [9.17, 15) is 18.8 Å². The molecule has 4 aromatic rings. The lowest BCUT2D eigenvalue weighted by atomic mass is 9.64. The van der Waals surface area contributed by atoms with Gasteiger partial charge in [-0.25, -0.2) is 4.39 Å². The molecule has 7 heteroatoms. The van der Waals surface area contributed by atoms with Crippen LogP contribution >= 0.6 is 11.6 Å². The van der Waals surface area contributed by atoms with Gasteiger partial charge in [-0.3, -0.25) is 14.4 Å². The van der Waals surface area contributed by atoms with Gasteiger partial charge in [-0.1, -0.05) is 66.2 Å². The third kappa shape index (κ3) is 3.50. The Hall–Kier alpha value is -4.55. The normalized spacial score (nSPS) is 23.9. The first-order chi connectivity index (χ1) is 19.8. The topological polar surface area (TPSA) is 66.5 Å². The van der Waals surface area contributed by atoms with E-state index in [1.807, 2.05) is 66.4 Å². The number of fused-ring (bicyclic) bond motifs is 6. The molecule has 1 amide bonds. The van der Waals surface area contributed by atoms with Gasteiger partial charge in [-0.15, -0.1) is 0 Å². The zero-order chi connectivity index (χ0) is 28.5. The quantitative estimate of drug-likeness (QED) is 0.280. The first kappa shape index (κ1) is 25.4. The first-order valence-corrected chi connectivity index (χ1v) is 13.8. The predicted octanol–water partition coefficient (Wildman–Crippen LogP) is 6.73. The lowest BCUT2D eigenvalue weighted by molar-refractivity contribution is -0.121. The Morgan fingerprint density at radius 2 is 1.56 bits per heavy atom. The number of nitrogens with zero attached hydrogens (tertiary/aromatic N) is 1. The fourth-order valence-electron chi connectivity index (χ4n) is 7.00. The molecule has 7 rings (SSSR count). The predicted molar refractivity (Wildman–Crippen MR) is 157 cm³/mol. The summed E-state index contributed by atoms with van der Waals surface area (Å²) in [7, 11) is 0. The smallest absolute Gasteiger partial charge is 0.238 e. The molecule has 1 spiro atoms. The van der Waals surface area contributed by atoms with Crippen LogP contribution in [0.25, 0.3) is 5.57 Å². The van der Waals surface area contributed by atoms with Gasteiger partial charge in [0.15, 0.2) is 11.6 Å². The molecule has 1 N–H and O–H groups in total. The highest BCUT2D eigenvalue weighted by molar-refractivity contribution is 6.34. The van der Waals surface area contributed by atoms with Gasteiger partial charge in [-0.2, -0.15) is 0 Å². The molecule has 0 saturated carbocycles. The second-order valence-electron chi connectivity index (χ2n) is 10.7. The van der Waals surface area contributed by atoms with E-state index in [0.29, 0.717) is 11.3 Å². The highest BCUT2D eigenvalue weighted by Crippen LogP contribution is 2.59. The molecule has 3 aliphatic heterocycles. The number of ketones is 2. The van der Waals surface area contributed by atoms with Crippen molar-refractivity contribution in [3.05, 3.63) is 136 Å². The van der Waals surface area contributed by atoms with Crippen LogP contribution < -0.4 is 10.2 Å². The van der Waals surface area contributed by atoms with E-state index >= 15 is 0 Å². The summed E-state index contributed by atoms with van der Waals surface area (Å²) in [5.74, 6) is -2.77. The Kier molecular flexibility index (Phi) is 5.73. The lowest BCUT2D eigenvalue weighted by Gasteiger charge is -2.39. The molecule has 5 nitrogen and oxygen atoms in total. The highest BCUT2D eigenvalue weighted by atomic mass is 35.5. The number of amides is 1. The summed E-state index contributed by atoms with van der Waals surface area (Å²) in [6, 6.07) is 25.3. The van der Waals surface area contributed by atoms with Crippen LogP contribution in [0.5, 0.6) is 0 Å². The van der Waals surface area contributed by atoms with Crippen molar-refractivity contribution < 1.29 is 18.8 Å². The monoisotopic (exact) mass is 562 g/mol. The number of allylic oxidation sites excluding steroid dienone is 1. The van der Waals surface area contributed by atoms with Crippen LogP contribution in [0.4, 0.5) is 15.8 Å². The highest BCUT2D eigenvalue weighted by Gasteiger charge is 2.70. The van der Waals surface area contributed by atoms with Gasteiger partial charge in [0.25, 0.3) is 0 Å². The molecule has 0 aliphatic carbocycles. The summed E-state index contributed by atoms with van der Waals surface area (Å²) in [5, 5.41) is 3.27. The van der Waals surface area contributed by atoms with E-state index in [0.717, 1.165) is 16.8 Å². The molecule has 1 fully saturated rings. The van der Waals surface area contributed by atoms with Gasteiger partial charge < -0.3 is 10.2 Å². The molecule has 202 valence electrons. The number of carbonyl (C=O) groups is 3. The maximum absolute atomic E-state index is 14.7. The molecule has 3 aliphatic rings. The van der Waals surface area contributed by atoms with E-state index in [1.54, 1.807) is 24.3 Å². The van der Waals surface area contributed by atoms with Crippen LogP contribution in [0.15, 0.2) is 103 Å². The van der Waals surface area contributed by atoms with Crippen LogP contribution in [-0.2, 0) is 10.2 Å². The minimum absolute atomic E-state index is 0.221. The molecule has 0 radical (unpaired) electrons. The molecule has 0 unspecified atom stereocenters. The average Bonchev–Trinajstić information content (AvgIpc) is 3.45. The third-order valence-electron chi connectivity index (χ3n) is 8.70. The van der Waals surface area contributed by atoms with Crippen molar-refractivity contribution in [1.29, 1.82) is 0 Å². The molecule has 41 heavy (non-hydrogen) atoms. The molecule has 3 heterocycles. The molecule has 0 bridgehead atoms. The van der Waals surface area contributed by atoms with E-state index in [1.165, 1.54) is 24.3 Å². The van der Waals surface area contributed by atoms with Gasteiger partial charge in [0.1, 0.15) is 17.3 Å². The van der Waals surface area contributed by atoms with Crippen LogP contribution in [0.1, 0.15) is 38.8 Å². The van der Waals surface area contributed by atoms with Crippen LogP contribution in [0, 0.1) is 11.7 Å². The Morgan fingerprint density at radius 1 is 0.878 bits per heavy atom. The largest absolute Gasteiger partial charge is 0.352 e. The Morgan fingerprint density at radius 3 is 2.34 bits per heavy atom. The summed E-state index contributed by atoms with van der Waals surface area (Å²) >= 11 is 6.56. The second kappa shape index (κ2) is 9.25. The van der Waals surface area contributed by atoms with E-state index in [4.69, 9.17) is 11.6 Å². The van der Waals surface area contributed by atoms with E-state index in [-0.39, 0.29) is 27.8 Å². The summed E-state index contributed by atoms with van der Waals surface area (Å²) in [5.41, 5.74) is 2.91. The number of hydrogen-bond acceptors (Lipinski definition) is 4. The Balaban J connectivity index is 1.57. The standard InChI is InChI=1S/C34H24ClFN2O3/c1-19-18-28-34(24-10-4-6-12-26(24)37-33(34)41)29(31(39)20-14-16-21(36)17-15-20)30(32(40)23-9-2-5-11-25(23)35)38(28)27-13-7-3-8-22(19)27/h2-18,28-30H,1H3,(H,37,41)/t28-,29-,30+,34-/m0/s1. The Bertz CT molecular complexity index is 1800. The van der Waals surface area contributed by atoms with Gasteiger partial charge in [0, 0.05) is 28.1 Å². The van der Waals surface area contributed by atoms with Gasteiger partial charge in [0.05, 0.1) is 17.0 Å². The van der Waals surface area contributed by atoms with Crippen LogP contribution in [0.3, 0.4) is 0 Å². The first-order valence-electron chi connectivity index (χ1n) is 13.4. The number of anilines is 2. The van der Waals surface area contributed by atoms with Crippen molar-refractivity contribution in [1.82, 2.24) is 0 Å². The number of Topliss-reactive ketones (excluding diaryl/α,β-unsaturated/α-hetero) is 2. The van der Waals surface area contributed by atoms with Gasteiger partial charge in [0.2, 0.25) is 5.91 Å². The number of para-hydroxylation sites is 2. The maximum atomic E-state index is 14.7. The number of halogens is 2. The van der Waals surface area contributed by atoms with E-state index < -0.39 is 35.0 Å². The van der Waals surface area contributed by atoms with Gasteiger partial charge in [-0.05, 0) is 66.6 Å². The number of benzene rings is 4. The van der Waals surface area contributed by atoms with Crippen LogP contribution in [-0.4, -0.2) is 29.6 Å². The molecule has 0 aromatic heterocycles. The van der Waals surface area contributed by atoms with Crippen molar-refractivity contribution in [3.63, 3.8) is 0 Å². The second-order valence-corrected chi connectivity index (χ2v) is 11.1. The number of carbonyl (C=O) groups excluding carboxylic acids is 3. The van der Waals surface area contributed by atoms with Crippen molar-refractivity contribution in [2.45, 2.75) is 24.4 Å². The zero-order valence-corrected chi connectivity index (χ0v) is 22.7. The average molecular weight is 563 g/mol. The molecule has 4 aromatic carbocycles. The zero-order valence-electron chi connectivity index (χ0n) is 22.0. The molecular weight excluding hydrogens is 539 g/mol. The summed E-state index contributed by atoms with van der Waals surface area (Å²) in [6.45, 7) is 1.97. The van der Waals surface area contributed by atoms with Crippen LogP contribution in [0.2, 0.25) is 5.02 Å². The van der Waals surface area contributed by atoms with Crippen molar-refractivity contribution in [3.8, 4) is 0 Å². The van der Waals surface area contributed by atoms with E-state index in [2.05, 4.69) is 5.32 Å². The van der Waals surface area contributed by atoms with Crippen molar-refractivity contribution >= 4 is 46.0 Å². The van der Waals surface area contributed by atoms with Crippen molar-refractivity contribution in [2.75, 3.05) is 10.2 Å². The maximum Gasteiger partial charge on any atom is 0.238 e. The minimum atomic E-state index is -1.45.